The van der Waals surface area contributed by atoms with Crippen molar-refractivity contribution in [3.8, 4) is 0 Å². The lowest BCUT2D eigenvalue weighted by Gasteiger charge is -2.39. The average Bonchev–Trinajstić information content (AvgIpc) is 3.53. The molecule has 3 aliphatic heterocycles. The fourth-order valence-corrected chi connectivity index (χ4v) is 6.89. The Balaban J connectivity index is 1.24. The summed E-state index contributed by atoms with van der Waals surface area (Å²) < 4.78 is 0. The van der Waals surface area contributed by atoms with Gasteiger partial charge in [-0.25, -0.2) is 0 Å². The lowest BCUT2D eigenvalue weighted by molar-refractivity contribution is 0.112. The van der Waals surface area contributed by atoms with Crippen LogP contribution in [-0.4, -0.2) is 71.2 Å². The average molecular weight is 513 g/mol. The van der Waals surface area contributed by atoms with E-state index in [1.165, 1.54) is 22.3 Å². The number of rotatable bonds is 6. The zero-order valence-electron chi connectivity index (χ0n) is 22.4. The number of hydrogen-bond acceptors (Lipinski definition) is 4. The molecule has 4 aromatic rings. The van der Waals surface area contributed by atoms with Crippen LogP contribution in [0.15, 0.2) is 121 Å². The molecule has 0 aromatic heterocycles. The third-order valence-corrected chi connectivity index (χ3v) is 8.71. The minimum Gasteiger partial charge on any atom is -0.285 e. The highest BCUT2D eigenvalue weighted by atomic mass is 15.5. The Morgan fingerprint density at radius 1 is 0.410 bits per heavy atom. The van der Waals surface area contributed by atoms with Crippen LogP contribution >= 0.6 is 0 Å². The third kappa shape index (κ3) is 4.83. The highest BCUT2D eigenvalue weighted by Gasteiger charge is 2.47. The van der Waals surface area contributed by atoms with E-state index >= 15 is 0 Å². The van der Waals surface area contributed by atoms with Crippen LogP contribution in [-0.2, 0) is 0 Å². The lowest BCUT2D eigenvalue weighted by Crippen LogP contribution is -2.47. The molecule has 0 bridgehead atoms. The Labute approximate surface area is 233 Å². The van der Waals surface area contributed by atoms with Crippen LogP contribution in [0.1, 0.15) is 34.3 Å². The molecular formula is C35H36N4. The quantitative estimate of drug-likeness (QED) is 0.336. The van der Waals surface area contributed by atoms with Crippen LogP contribution in [0.25, 0.3) is 0 Å². The first-order valence-electron chi connectivity index (χ1n) is 14.3. The highest BCUT2D eigenvalue weighted by molar-refractivity contribution is 5.34. The van der Waals surface area contributed by atoms with Gasteiger partial charge in [0.25, 0.3) is 0 Å². The third-order valence-electron chi connectivity index (χ3n) is 8.71. The number of nitrogens with zero attached hydrogens (tertiary/aromatic N) is 4. The maximum Gasteiger partial charge on any atom is 0.0733 e. The van der Waals surface area contributed by atoms with Crippen molar-refractivity contribution in [2.24, 2.45) is 0 Å². The smallest absolute Gasteiger partial charge is 0.0733 e. The van der Waals surface area contributed by atoms with Crippen LogP contribution < -0.4 is 0 Å². The minimum absolute atomic E-state index is 0.165. The SMILES string of the molecule is [C]1C2N(CCN3CCN(C(c4ccccc4)c4ccccc4)C13)CCN2C(c1ccccc1)c1ccccc1. The second-order valence-corrected chi connectivity index (χ2v) is 10.9. The minimum atomic E-state index is 0.165. The maximum atomic E-state index is 4.18. The zero-order chi connectivity index (χ0) is 26.0. The van der Waals surface area contributed by atoms with Crippen molar-refractivity contribution in [1.29, 1.82) is 0 Å². The van der Waals surface area contributed by atoms with Crippen molar-refractivity contribution in [2.75, 3.05) is 39.3 Å². The van der Waals surface area contributed by atoms with Gasteiger partial charge in [0, 0.05) is 39.3 Å². The second-order valence-electron chi connectivity index (χ2n) is 10.9. The summed E-state index contributed by atoms with van der Waals surface area (Å²) in [6, 6.07) is 44.5. The van der Waals surface area contributed by atoms with E-state index in [0.29, 0.717) is 0 Å². The Bertz CT molecular complexity index is 1150. The molecule has 196 valence electrons. The van der Waals surface area contributed by atoms with Gasteiger partial charge in [0.15, 0.2) is 0 Å². The summed E-state index contributed by atoms with van der Waals surface area (Å²) in [5, 5.41) is 0. The standard InChI is InChI=1S/C35H36N4/c1-5-13-28(14-6-1)34(29-15-7-2-8-16-29)38-25-23-36-21-22-37-24-26-39(33(37)27-32(36)38)35(30-17-9-3-10-18-30)31-19-11-4-12-20-31/h1-20,32-35H,21-26H2. The van der Waals surface area contributed by atoms with E-state index in [1.807, 2.05) is 0 Å². The molecule has 3 saturated heterocycles. The van der Waals surface area contributed by atoms with E-state index in [4.69, 9.17) is 0 Å². The molecule has 0 amide bonds. The van der Waals surface area contributed by atoms with E-state index in [-0.39, 0.29) is 24.4 Å². The molecule has 2 unspecified atom stereocenters. The zero-order valence-corrected chi connectivity index (χ0v) is 22.4. The van der Waals surface area contributed by atoms with Crippen LogP contribution in [0.4, 0.5) is 0 Å². The summed E-state index contributed by atoms with van der Waals surface area (Å²) in [6.07, 6.45) is 4.51. The van der Waals surface area contributed by atoms with Gasteiger partial charge in [-0.1, -0.05) is 121 Å². The molecule has 39 heavy (non-hydrogen) atoms. The van der Waals surface area contributed by atoms with Crippen molar-refractivity contribution < 1.29 is 0 Å². The van der Waals surface area contributed by atoms with E-state index < -0.39 is 0 Å². The van der Waals surface area contributed by atoms with Gasteiger partial charge in [-0.15, -0.1) is 0 Å². The number of fused-ring (bicyclic) bond motifs is 2. The summed E-state index contributed by atoms with van der Waals surface area (Å²) in [5.41, 5.74) is 5.40. The van der Waals surface area contributed by atoms with Gasteiger partial charge in [-0.05, 0) is 22.3 Å². The van der Waals surface area contributed by atoms with E-state index in [0.717, 1.165) is 39.3 Å². The van der Waals surface area contributed by atoms with Gasteiger partial charge in [0.2, 0.25) is 0 Å². The Morgan fingerprint density at radius 3 is 1.00 bits per heavy atom. The first-order chi connectivity index (χ1) is 19.4. The summed E-state index contributed by atoms with van der Waals surface area (Å²) >= 11 is 0. The first-order valence-corrected chi connectivity index (χ1v) is 14.3. The van der Waals surface area contributed by atoms with Crippen molar-refractivity contribution in [3.63, 3.8) is 0 Å². The van der Waals surface area contributed by atoms with E-state index in [9.17, 15) is 0 Å². The molecule has 2 atom stereocenters. The molecule has 4 aromatic carbocycles. The predicted octanol–water partition coefficient (Wildman–Crippen LogP) is 5.55. The molecule has 0 aliphatic carbocycles. The van der Waals surface area contributed by atoms with Gasteiger partial charge < -0.3 is 0 Å². The summed E-state index contributed by atoms with van der Waals surface area (Å²) in [6.45, 7) is 6.40. The van der Waals surface area contributed by atoms with Gasteiger partial charge in [-0.3, -0.25) is 19.6 Å². The first kappa shape index (κ1) is 24.7. The highest BCUT2D eigenvalue weighted by Crippen LogP contribution is 2.40. The molecule has 4 heteroatoms. The van der Waals surface area contributed by atoms with Crippen molar-refractivity contribution in [2.45, 2.75) is 24.4 Å². The second kappa shape index (κ2) is 11.1. The summed E-state index contributed by atoms with van der Waals surface area (Å²) in [7, 11) is 0. The van der Waals surface area contributed by atoms with Crippen LogP contribution in [0, 0.1) is 6.42 Å². The molecule has 3 heterocycles. The van der Waals surface area contributed by atoms with Crippen molar-refractivity contribution >= 4 is 0 Å². The molecular weight excluding hydrogens is 476 g/mol. The molecule has 4 nitrogen and oxygen atoms in total. The largest absolute Gasteiger partial charge is 0.285 e. The maximum absolute atomic E-state index is 4.18. The summed E-state index contributed by atoms with van der Waals surface area (Å²) in [4.78, 5) is 10.7. The van der Waals surface area contributed by atoms with Crippen LogP contribution in [0.3, 0.4) is 0 Å². The molecule has 2 radical (unpaired) electrons. The molecule has 7 rings (SSSR count). The number of benzene rings is 4. The molecule has 0 saturated carbocycles. The topological polar surface area (TPSA) is 13.0 Å². The Hall–Kier alpha value is -3.28. The molecule has 3 fully saturated rings. The van der Waals surface area contributed by atoms with Gasteiger partial charge in [-0.2, -0.15) is 0 Å². The van der Waals surface area contributed by atoms with Gasteiger partial charge in [0.05, 0.1) is 30.8 Å². The van der Waals surface area contributed by atoms with E-state index in [2.05, 4.69) is 147 Å². The van der Waals surface area contributed by atoms with Gasteiger partial charge in [0.1, 0.15) is 0 Å². The number of hydrogen-bond donors (Lipinski definition) is 0. The fraction of sp³-hybridized carbons (Fsp3) is 0.286. The van der Waals surface area contributed by atoms with Crippen LogP contribution in [0.2, 0.25) is 0 Å². The molecule has 3 aliphatic rings. The Morgan fingerprint density at radius 2 is 0.692 bits per heavy atom. The Kier molecular flexibility index (Phi) is 7.02. The summed E-state index contributed by atoms with van der Waals surface area (Å²) in [5.74, 6) is 0. The van der Waals surface area contributed by atoms with Crippen LogP contribution in [0.5, 0.6) is 0 Å². The van der Waals surface area contributed by atoms with Crippen molar-refractivity contribution in [3.05, 3.63) is 150 Å². The predicted molar refractivity (Wildman–Crippen MR) is 157 cm³/mol. The monoisotopic (exact) mass is 512 g/mol. The normalized spacial score (nSPS) is 22.7. The fourth-order valence-electron chi connectivity index (χ4n) is 6.89. The van der Waals surface area contributed by atoms with Crippen molar-refractivity contribution in [1.82, 2.24) is 19.6 Å². The van der Waals surface area contributed by atoms with E-state index in [1.54, 1.807) is 0 Å². The molecule has 0 N–H and O–H groups in total. The van der Waals surface area contributed by atoms with Gasteiger partial charge >= 0.3 is 0 Å². The molecule has 0 spiro atoms. The lowest BCUT2D eigenvalue weighted by atomic mass is 9.95.